The molecule has 0 aliphatic carbocycles. The highest BCUT2D eigenvalue weighted by atomic mass is 19.1. The first-order valence-electron chi connectivity index (χ1n) is 8.45. The minimum atomic E-state index is -0.231. The molecule has 0 radical (unpaired) electrons. The van der Waals surface area contributed by atoms with Crippen LogP contribution in [0.15, 0.2) is 48.5 Å². The van der Waals surface area contributed by atoms with Gasteiger partial charge in [0.05, 0.1) is 19.6 Å². The number of fused-ring (bicyclic) bond motifs is 3. The van der Waals surface area contributed by atoms with Gasteiger partial charge in [0.2, 0.25) is 5.91 Å². The van der Waals surface area contributed by atoms with Crippen molar-refractivity contribution < 1.29 is 13.9 Å². The van der Waals surface area contributed by atoms with Gasteiger partial charge in [-0.25, -0.2) is 4.39 Å². The molecule has 4 nitrogen and oxygen atoms in total. The van der Waals surface area contributed by atoms with Gasteiger partial charge in [0, 0.05) is 23.1 Å². The molecule has 0 fully saturated rings. The smallest absolute Gasteiger partial charge is 0.226 e. The summed E-state index contributed by atoms with van der Waals surface area (Å²) in [6.45, 7) is 1.56. The fourth-order valence-corrected chi connectivity index (χ4v) is 3.36. The van der Waals surface area contributed by atoms with E-state index in [1.54, 1.807) is 12.1 Å². The Morgan fingerprint density at radius 3 is 2.88 bits per heavy atom. The Balaban J connectivity index is 1.40. The van der Waals surface area contributed by atoms with Crippen LogP contribution in [0.3, 0.4) is 0 Å². The number of aromatic nitrogens is 1. The summed E-state index contributed by atoms with van der Waals surface area (Å²) in [5.41, 5.74) is 3.05. The summed E-state index contributed by atoms with van der Waals surface area (Å²) in [5, 5.41) is 0.925. The molecule has 0 saturated carbocycles. The fourth-order valence-electron chi connectivity index (χ4n) is 3.36. The Hall–Kier alpha value is -2.82. The summed E-state index contributed by atoms with van der Waals surface area (Å²) in [6.07, 6.45) is 1.09. The average molecular weight is 338 g/mol. The molecule has 0 unspecified atom stereocenters. The SMILES string of the molecule is O=C(CCOc1ccccc1)N1CCc2c([nH]c3ccc(F)cc23)C1. The number of para-hydroxylation sites is 1. The van der Waals surface area contributed by atoms with Crippen molar-refractivity contribution in [3.05, 3.63) is 65.6 Å². The molecular weight excluding hydrogens is 319 g/mol. The number of hydrogen-bond donors (Lipinski definition) is 1. The molecule has 4 rings (SSSR count). The first-order chi connectivity index (χ1) is 12.2. The van der Waals surface area contributed by atoms with E-state index < -0.39 is 0 Å². The molecule has 3 aromatic rings. The van der Waals surface area contributed by atoms with Crippen LogP contribution in [-0.2, 0) is 17.8 Å². The van der Waals surface area contributed by atoms with Gasteiger partial charge in [-0.15, -0.1) is 0 Å². The number of H-pyrrole nitrogens is 1. The van der Waals surface area contributed by atoms with Crippen LogP contribution in [0.2, 0.25) is 0 Å². The van der Waals surface area contributed by atoms with E-state index in [0.717, 1.165) is 34.3 Å². The molecule has 1 N–H and O–H groups in total. The minimum absolute atomic E-state index is 0.0754. The van der Waals surface area contributed by atoms with E-state index in [1.807, 2.05) is 35.2 Å². The molecule has 0 spiro atoms. The quantitative estimate of drug-likeness (QED) is 0.789. The second-order valence-electron chi connectivity index (χ2n) is 6.25. The maximum atomic E-state index is 13.5. The van der Waals surface area contributed by atoms with Crippen LogP contribution in [0.5, 0.6) is 5.75 Å². The van der Waals surface area contributed by atoms with Crippen molar-refractivity contribution in [1.29, 1.82) is 0 Å². The summed E-state index contributed by atoms with van der Waals surface area (Å²) in [6, 6.07) is 14.3. The van der Waals surface area contributed by atoms with E-state index in [-0.39, 0.29) is 11.7 Å². The second kappa shape index (κ2) is 6.59. The fraction of sp³-hybridized carbons (Fsp3) is 0.250. The Morgan fingerprint density at radius 1 is 1.20 bits per heavy atom. The molecule has 2 heterocycles. The zero-order valence-electron chi connectivity index (χ0n) is 13.8. The van der Waals surface area contributed by atoms with Crippen molar-refractivity contribution in [2.75, 3.05) is 13.2 Å². The van der Waals surface area contributed by atoms with E-state index in [4.69, 9.17) is 4.74 Å². The van der Waals surface area contributed by atoms with E-state index in [0.29, 0.717) is 26.1 Å². The maximum absolute atomic E-state index is 13.5. The first-order valence-corrected chi connectivity index (χ1v) is 8.45. The van der Waals surface area contributed by atoms with Crippen molar-refractivity contribution in [3.8, 4) is 5.75 Å². The molecule has 0 saturated heterocycles. The third kappa shape index (κ3) is 3.22. The van der Waals surface area contributed by atoms with Gasteiger partial charge in [-0.3, -0.25) is 4.79 Å². The largest absolute Gasteiger partial charge is 0.493 e. The Morgan fingerprint density at radius 2 is 2.04 bits per heavy atom. The van der Waals surface area contributed by atoms with Crippen LogP contribution in [-0.4, -0.2) is 28.9 Å². The van der Waals surface area contributed by atoms with Crippen LogP contribution in [0.1, 0.15) is 17.7 Å². The number of benzene rings is 2. The molecule has 5 heteroatoms. The van der Waals surface area contributed by atoms with E-state index in [9.17, 15) is 9.18 Å². The van der Waals surface area contributed by atoms with Gasteiger partial charge in [0.1, 0.15) is 11.6 Å². The van der Waals surface area contributed by atoms with Crippen LogP contribution in [0.25, 0.3) is 10.9 Å². The molecule has 1 aromatic heterocycles. The molecule has 128 valence electrons. The Labute approximate surface area is 145 Å². The summed E-state index contributed by atoms with van der Waals surface area (Å²) in [5.74, 6) is 0.617. The van der Waals surface area contributed by atoms with E-state index >= 15 is 0 Å². The Bertz CT molecular complexity index is 905. The minimum Gasteiger partial charge on any atom is -0.493 e. The number of ether oxygens (including phenoxy) is 1. The highest BCUT2D eigenvalue weighted by Gasteiger charge is 2.23. The number of carbonyl (C=O) groups excluding carboxylic acids is 1. The molecule has 1 amide bonds. The van der Waals surface area contributed by atoms with Crippen molar-refractivity contribution in [2.45, 2.75) is 19.4 Å². The monoisotopic (exact) mass is 338 g/mol. The first kappa shape index (κ1) is 15.7. The van der Waals surface area contributed by atoms with Crippen molar-refractivity contribution in [1.82, 2.24) is 9.88 Å². The molecule has 25 heavy (non-hydrogen) atoms. The third-order valence-corrected chi connectivity index (χ3v) is 4.62. The number of aromatic amines is 1. The molecule has 2 aromatic carbocycles. The zero-order valence-corrected chi connectivity index (χ0v) is 13.8. The number of hydrogen-bond acceptors (Lipinski definition) is 2. The van der Waals surface area contributed by atoms with Crippen molar-refractivity contribution in [3.63, 3.8) is 0 Å². The lowest BCUT2D eigenvalue weighted by atomic mass is 10.0. The van der Waals surface area contributed by atoms with Crippen LogP contribution in [0, 0.1) is 5.82 Å². The molecule has 1 aliphatic heterocycles. The van der Waals surface area contributed by atoms with E-state index in [1.165, 1.54) is 6.07 Å². The topological polar surface area (TPSA) is 45.3 Å². The lowest BCUT2D eigenvalue weighted by Gasteiger charge is -2.27. The number of nitrogens with one attached hydrogen (secondary N) is 1. The van der Waals surface area contributed by atoms with Crippen LogP contribution in [0.4, 0.5) is 4.39 Å². The standard InChI is InChI=1S/C20H19FN2O2/c21-14-6-7-18-17(12-14)16-8-10-23(13-19(16)22-18)20(24)9-11-25-15-4-2-1-3-5-15/h1-7,12,22H,8-11,13H2. The average Bonchev–Trinajstić information content (AvgIpc) is 2.99. The van der Waals surface area contributed by atoms with Gasteiger partial charge in [-0.05, 0) is 42.3 Å². The van der Waals surface area contributed by atoms with Crippen LogP contribution >= 0.6 is 0 Å². The normalized spacial score (nSPS) is 13.7. The number of rotatable bonds is 4. The summed E-state index contributed by atoms with van der Waals surface area (Å²) < 4.78 is 19.1. The number of amides is 1. The maximum Gasteiger partial charge on any atom is 0.226 e. The van der Waals surface area contributed by atoms with Gasteiger partial charge in [0.15, 0.2) is 0 Å². The van der Waals surface area contributed by atoms with Gasteiger partial charge in [0.25, 0.3) is 0 Å². The molecule has 0 atom stereocenters. The second-order valence-corrected chi connectivity index (χ2v) is 6.25. The number of halogens is 1. The van der Waals surface area contributed by atoms with Gasteiger partial charge >= 0.3 is 0 Å². The lowest BCUT2D eigenvalue weighted by Crippen LogP contribution is -2.36. The summed E-state index contributed by atoms with van der Waals surface area (Å²) in [7, 11) is 0. The highest BCUT2D eigenvalue weighted by Crippen LogP contribution is 2.28. The zero-order chi connectivity index (χ0) is 17.2. The molecule has 1 aliphatic rings. The predicted octanol–water partition coefficient (Wildman–Crippen LogP) is 3.66. The van der Waals surface area contributed by atoms with Crippen LogP contribution < -0.4 is 4.74 Å². The summed E-state index contributed by atoms with van der Waals surface area (Å²) >= 11 is 0. The van der Waals surface area contributed by atoms with Gasteiger partial charge in [-0.2, -0.15) is 0 Å². The lowest BCUT2D eigenvalue weighted by molar-refractivity contribution is -0.132. The van der Waals surface area contributed by atoms with E-state index in [2.05, 4.69) is 4.98 Å². The highest BCUT2D eigenvalue weighted by molar-refractivity contribution is 5.85. The molecule has 0 bridgehead atoms. The number of carbonyl (C=O) groups is 1. The van der Waals surface area contributed by atoms with Crippen molar-refractivity contribution in [2.24, 2.45) is 0 Å². The van der Waals surface area contributed by atoms with Crippen molar-refractivity contribution >= 4 is 16.8 Å². The van der Waals surface area contributed by atoms with Gasteiger partial charge in [-0.1, -0.05) is 18.2 Å². The number of nitrogens with zero attached hydrogens (tertiary/aromatic N) is 1. The molecular formula is C20H19FN2O2. The predicted molar refractivity (Wildman–Crippen MR) is 93.9 cm³/mol. The Kier molecular flexibility index (Phi) is 4.14. The van der Waals surface area contributed by atoms with Gasteiger partial charge < -0.3 is 14.6 Å². The third-order valence-electron chi connectivity index (χ3n) is 4.62. The summed E-state index contributed by atoms with van der Waals surface area (Å²) in [4.78, 5) is 17.6.